The van der Waals surface area contributed by atoms with Gasteiger partial charge in [-0.15, -0.1) is 0 Å². The van der Waals surface area contributed by atoms with Crippen molar-refractivity contribution >= 4 is 22.8 Å². The van der Waals surface area contributed by atoms with Crippen molar-refractivity contribution in [1.82, 2.24) is 5.32 Å². The van der Waals surface area contributed by atoms with Crippen LogP contribution in [0.1, 0.15) is 52.8 Å². The minimum Gasteiger partial charge on any atom is -0.494 e. The molecule has 7 heteroatoms. The van der Waals surface area contributed by atoms with E-state index in [0.29, 0.717) is 41.4 Å². The largest absolute Gasteiger partial charge is 0.494 e. The molecule has 0 aliphatic heterocycles. The molecule has 3 N–H and O–H groups in total. The molecule has 0 aliphatic rings. The van der Waals surface area contributed by atoms with Crippen molar-refractivity contribution < 1.29 is 23.1 Å². The van der Waals surface area contributed by atoms with Crippen LogP contribution in [-0.2, 0) is 6.42 Å². The SMILES string of the molecule is CCOc1cccc(-c2ccc(-c3ccc4oc(Cc5ccc(F)cc5)c(C(N)=O)c4c3)cc2C(=O)NCC(C)C)c1. The van der Waals surface area contributed by atoms with Crippen LogP contribution in [0.5, 0.6) is 5.75 Å². The van der Waals surface area contributed by atoms with Crippen molar-refractivity contribution in [3.05, 3.63) is 113 Å². The number of halogens is 1. The number of hydrogen-bond acceptors (Lipinski definition) is 4. The summed E-state index contributed by atoms with van der Waals surface area (Å²) in [5, 5.41) is 3.62. The molecule has 0 fully saturated rings. The molecule has 5 aromatic rings. The Hall–Kier alpha value is -4.91. The summed E-state index contributed by atoms with van der Waals surface area (Å²) < 4.78 is 25.1. The smallest absolute Gasteiger partial charge is 0.252 e. The summed E-state index contributed by atoms with van der Waals surface area (Å²) in [6.07, 6.45) is 0.290. The van der Waals surface area contributed by atoms with Crippen LogP contribution in [0.2, 0.25) is 0 Å². The van der Waals surface area contributed by atoms with E-state index in [1.165, 1.54) is 12.1 Å². The van der Waals surface area contributed by atoms with Gasteiger partial charge in [-0.25, -0.2) is 4.39 Å². The number of benzene rings is 4. The van der Waals surface area contributed by atoms with E-state index >= 15 is 0 Å². The second kappa shape index (κ2) is 12.3. The first-order valence-corrected chi connectivity index (χ1v) is 14.0. The molecule has 0 spiro atoms. The van der Waals surface area contributed by atoms with Crippen LogP contribution in [0.4, 0.5) is 4.39 Å². The highest BCUT2D eigenvalue weighted by Crippen LogP contribution is 2.35. The molecule has 0 bridgehead atoms. The second-order valence-electron chi connectivity index (χ2n) is 10.6. The summed E-state index contributed by atoms with van der Waals surface area (Å²) in [6, 6.07) is 25.0. The molecule has 6 nitrogen and oxygen atoms in total. The zero-order valence-corrected chi connectivity index (χ0v) is 23.9. The van der Waals surface area contributed by atoms with Gasteiger partial charge in [0.05, 0.1) is 12.2 Å². The molecule has 0 aliphatic carbocycles. The molecule has 42 heavy (non-hydrogen) atoms. The van der Waals surface area contributed by atoms with E-state index in [4.69, 9.17) is 14.9 Å². The Balaban J connectivity index is 1.58. The molecule has 1 aromatic heterocycles. The van der Waals surface area contributed by atoms with Gasteiger partial charge >= 0.3 is 0 Å². The predicted octanol–water partition coefficient (Wildman–Crippen LogP) is 7.38. The molecule has 5 rings (SSSR count). The molecule has 4 aromatic carbocycles. The summed E-state index contributed by atoms with van der Waals surface area (Å²) in [7, 11) is 0. The quantitative estimate of drug-likeness (QED) is 0.185. The molecule has 1 heterocycles. The van der Waals surface area contributed by atoms with Gasteiger partial charge in [0.1, 0.15) is 22.9 Å². The lowest BCUT2D eigenvalue weighted by Gasteiger charge is -2.15. The predicted molar refractivity (Wildman–Crippen MR) is 163 cm³/mol. The number of primary amides is 1. The average Bonchev–Trinajstić information content (AvgIpc) is 3.34. The Morgan fingerprint density at radius 3 is 2.38 bits per heavy atom. The normalized spacial score (nSPS) is 11.2. The summed E-state index contributed by atoms with van der Waals surface area (Å²) in [5.41, 5.74) is 11.2. The van der Waals surface area contributed by atoms with E-state index in [1.807, 2.05) is 75.4 Å². The number of hydrogen-bond donors (Lipinski definition) is 2. The monoisotopic (exact) mass is 564 g/mol. The van der Waals surface area contributed by atoms with E-state index in [9.17, 15) is 14.0 Å². The number of nitrogens with one attached hydrogen (secondary N) is 1. The van der Waals surface area contributed by atoms with Crippen LogP contribution < -0.4 is 15.8 Å². The zero-order valence-electron chi connectivity index (χ0n) is 23.9. The molecule has 0 radical (unpaired) electrons. The second-order valence-corrected chi connectivity index (χ2v) is 10.6. The minimum absolute atomic E-state index is 0.175. The number of ether oxygens (including phenoxy) is 1. The number of furan rings is 1. The van der Waals surface area contributed by atoms with Crippen LogP contribution in [0.3, 0.4) is 0 Å². The maximum atomic E-state index is 13.4. The Morgan fingerprint density at radius 1 is 0.929 bits per heavy atom. The number of amides is 2. The van der Waals surface area contributed by atoms with Gasteiger partial charge in [-0.1, -0.05) is 56.3 Å². The first-order valence-electron chi connectivity index (χ1n) is 14.0. The van der Waals surface area contributed by atoms with Crippen LogP contribution in [0.25, 0.3) is 33.2 Å². The van der Waals surface area contributed by atoms with Crippen molar-refractivity contribution in [2.24, 2.45) is 11.7 Å². The lowest BCUT2D eigenvalue weighted by atomic mass is 9.93. The highest BCUT2D eigenvalue weighted by atomic mass is 19.1. The van der Waals surface area contributed by atoms with Crippen molar-refractivity contribution in [2.45, 2.75) is 27.2 Å². The van der Waals surface area contributed by atoms with Gasteiger partial charge in [0.25, 0.3) is 11.8 Å². The maximum absolute atomic E-state index is 13.4. The summed E-state index contributed by atoms with van der Waals surface area (Å²) in [4.78, 5) is 26.0. The van der Waals surface area contributed by atoms with Gasteiger partial charge in [-0.3, -0.25) is 9.59 Å². The van der Waals surface area contributed by atoms with Crippen molar-refractivity contribution in [3.8, 4) is 28.0 Å². The first-order chi connectivity index (χ1) is 20.2. The van der Waals surface area contributed by atoms with Crippen molar-refractivity contribution in [1.29, 1.82) is 0 Å². The lowest BCUT2D eigenvalue weighted by Crippen LogP contribution is -2.27. The fourth-order valence-corrected chi connectivity index (χ4v) is 4.99. The Labute approximate surface area is 244 Å². The standard InChI is InChI=1S/C35H33FN2O4/c1-4-41-27-7-5-6-25(17-27)28-14-10-23(18-29(28)35(40)38-20-21(2)3)24-11-15-31-30(19-24)33(34(37)39)32(42-31)16-22-8-12-26(36)13-9-22/h5-15,17-19,21H,4,16,20H2,1-3H3,(H2,37,39)(H,38,40). The molecule has 2 amide bonds. The van der Waals surface area contributed by atoms with E-state index in [0.717, 1.165) is 33.6 Å². The number of carbonyl (C=O) groups is 2. The lowest BCUT2D eigenvalue weighted by molar-refractivity contribution is 0.0948. The number of fused-ring (bicyclic) bond motifs is 1. The average molecular weight is 565 g/mol. The molecule has 214 valence electrons. The highest BCUT2D eigenvalue weighted by Gasteiger charge is 2.21. The maximum Gasteiger partial charge on any atom is 0.252 e. The Kier molecular flexibility index (Phi) is 8.38. The van der Waals surface area contributed by atoms with E-state index in [1.54, 1.807) is 18.2 Å². The van der Waals surface area contributed by atoms with Crippen molar-refractivity contribution in [2.75, 3.05) is 13.2 Å². The summed E-state index contributed by atoms with van der Waals surface area (Å²) in [5.74, 6) is 0.315. The van der Waals surface area contributed by atoms with Gasteiger partial charge < -0.3 is 20.2 Å². The summed E-state index contributed by atoms with van der Waals surface area (Å²) in [6.45, 7) is 7.10. The number of rotatable bonds is 10. The highest BCUT2D eigenvalue weighted by molar-refractivity contribution is 6.08. The van der Waals surface area contributed by atoms with Crippen LogP contribution in [0.15, 0.2) is 89.3 Å². The third kappa shape index (κ3) is 6.20. The number of carbonyl (C=O) groups excluding carboxylic acids is 2. The van der Waals surface area contributed by atoms with Gasteiger partial charge in [-0.2, -0.15) is 0 Å². The molecule has 0 unspecified atom stereocenters. The van der Waals surface area contributed by atoms with E-state index < -0.39 is 5.91 Å². The summed E-state index contributed by atoms with van der Waals surface area (Å²) >= 11 is 0. The Morgan fingerprint density at radius 2 is 1.67 bits per heavy atom. The molecule has 0 saturated heterocycles. The van der Waals surface area contributed by atoms with E-state index in [-0.39, 0.29) is 23.7 Å². The van der Waals surface area contributed by atoms with E-state index in [2.05, 4.69) is 5.32 Å². The fourth-order valence-electron chi connectivity index (χ4n) is 4.99. The van der Waals surface area contributed by atoms with Gasteiger partial charge in [0, 0.05) is 23.9 Å². The Bertz CT molecular complexity index is 1760. The minimum atomic E-state index is -0.610. The molecular weight excluding hydrogens is 531 g/mol. The molecule has 0 saturated carbocycles. The van der Waals surface area contributed by atoms with Gasteiger partial charge in [0.2, 0.25) is 0 Å². The van der Waals surface area contributed by atoms with Gasteiger partial charge in [-0.05, 0) is 83.1 Å². The van der Waals surface area contributed by atoms with Gasteiger partial charge in [0.15, 0.2) is 0 Å². The third-order valence-corrected chi connectivity index (χ3v) is 7.01. The van der Waals surface area contributed by atoms with Crippen LogP contribution in [-0.4, -0.2) is 25.0 Å². The fraction of sp³-hybridized carbons (Fsp3) is 0.200. The third-order valence-electron chi connectivity index (χ3n) is 7.01. The molecule has 0 atom stereocenters. The van der Waals surface area contributed by atoms with Crippen LogP contribution >= 0.6 is 0 Å². The topological polar surface area (TPSA) is 94.6 Å². The van der Waals surface area contributed by atoms with Crippen LogP contribution in [0, 0.1) is 11.7 Å². The van der Waals surface area contributed by atoms with Crippen molar-refractivity contribution in [3.63, 3.8) is 0 Å². The zero-order chi connectivity index (χ0) is 29.8. The first kappa shape index (κ1) is 28.6. The number of nitrogens with two attached hydrogens (primary N) is 1. The molecular formula is C35H33FN2O4.